The first kappa shape index (κ1) is 14.7. The molecule has 0 bridgehead atoms. The highest BCUT2D eigenvalue weighted by atomic mass is 16.5. The number of aromatic nitrogens is 5. The summed E-state index contributed by atoms with van der Waals surface area (Å²) in [6, 6.07) is 0. The number of carbonyl (C=O) groups excluding carboxylic acids is 1. The van der Waals surface area contributed by atoms with Crippen LogP contribution >= 0.6 is 0 Å². The lowest BCUT2D eigenvalue weighted by atomic mass is 9.97. The zero-order valence-electron chi connectivity index (χ0n) is 12.9. The highest BCUT2D eigenvalue weighted by molar-refractivity contribution is 5.82. The maximum absolute atomic E-state index is 11.8. The molecule has 0 saturated carbocycles. The van der Waals surface area contributed by atoms with Gasteiger partial charge in [0.1, 0.15) is 6.33 Å². The van der Waals surface area contributed by atoms with Crippen LogP contribution in [0.5, 0.6) is 0 Å². The van der Waals surface area contributed by atoms with Gasteiger partial charge in [0.05, 0.1) is 12.5 Å². The van der Waals surface area contributed by atoms with E-state index in [1.54, 1.807) is 11.0 Å². The van der Waals surface area contributed by atoms with E-state index in [0.717, 1.165) is 49.5 Å². The Morgan fingerprint density at radius 2 is 2.09 bits per heavy atom. The third-order valence-electron chi connectivity index (χ3n) is 3.99. The van der Waals surface area contributed by atoms with Crippen molar-refractivity contribution in [2.24, 2.45) is 5.92 Å². The summed E-state index contributed by atoms with van der Waals surface area (Å²) in [6.07, 6.45) is 3.09. The van der Waals surface area contributed by atoms with Gasteiger partial charge in [-0.25, -0.2) is 14.6 Å². The second kappa shape index (κ2) is 6.25. The maximum atomic E-state index is 11.8. The molecule has 0 aliphatic carbocycles. The van der Waals surface area contributed by atoms with Crippen LogP contribution in [0, 0.1) is 5.92 Å². The molecule has 0 amide bonds. The Morgan fingerprint density at radius 3 is 2.77 bits per heavy atom. The number of aryl methyl sites for hydroxylation is 1. The van der Waals surface area contributed by atoms with Crippen LogP contribution in [0.3, 0.4) is 0 Å². The van der Waals surface area contributed by atoms with E-state index in [1.807, 2.05) is 13.8 Å². The van der Waals surface area contributed by atoms with Gasteiger partial charge < -0.3 is 9.64 Å². The fourth-order valence-electron chi connectivity index (χ4n) is 2.81. The van der Waals surface area contributed by atoms with Gasteiger partial charge in [0.25, 0.3) is 0 Å². The van der Waals surface area contributed by atoms with E-state index in [-0.39, 0.29) is 11.9 Å². The van der Waals surface area contributed by atoms with Crippen molar-refractivity contribution in [2.45, 2.75) is 33.2 Å². The summed E-state index contributed by atoms with van der Waals surface area (Å²) in [6.45, 7) is 6.51. The molecular weight excluding hydrogens is 284 g/mol. The van der Waals surface area contributed by atoms with Gasteiger partial charge in [0.2, 0.25) is 0 Å². The first-order valence-corrected chi connectivity index (χ1v) is 7.70. The van der Waals surface area contributed by atoms with Gasteiger partial charge in [-0.15, -0.1) is 5.10 Å². The zero-order chi connectivity index (χ0) is 15.5. The van der Waals surface area contributed by atoms with Gasteiger partial charge in [-0.1, -0.05) is 5.21 Å². The quantitative estimate of drug-likeness (QED) is 0.779. The number of hydrogen-bond donors (Lipinski definition) is 0. The molecule has 118 valence electrons. The molecule has 0 radical (unpaired) electrons. The van der Waals surface area contributed by atoms with Crippen molar-refractivity contribution in [1.82, 2.24) is 25.0 Å². The molecule has 2 aromatic rings. The van der Waals surface area contributed by atoms with E-state index >= 15 is 0 Å². The SMILES string of the molecule is CCOC(=O)C1CCN(c2ncnc3c2nnn3CC)CC1. The molecule has 22 heavy (non-hydrogen) atoms. The van der Waals surface area contributed by atoms with Crippen LogP contribution in [0.2, 0.25) is 0 Å². The number of ether oxygens (including phenoxy) is 1. The van der Waals surface area contributed by atoms with Crippen molar-refractivity contribution >= 4 is 23.0 Å². The summed E-state index contributed by atoms with van der Waals surface area (Å²) in [5, 5.41) is 8.30. The van der Waals surface area contributed by atoms with Crippen LogP contribution in [0.1, 0.15) is 26.7 Å². The molecule has 3 heterocycles. The Balaban J connectivity index is 1.77. The van der Waals surface area contributed by atoms with E-state index in [2.05, 4.69) is 25.2 Å². The molecule has 8 heteroatoms. The van der Waals surface area contributed by atoms with E-state index in [9.17, 15) is 4.79 Å². The molecule has 1 aliphatic rings. The molecular formula is C14H20N6O2. The Labute approximate surface area is 128 Å². The molecule has 0 atom stereocenters. The largest absolute Gasteiger partial charge is 0.466 e. The second-order valence-electron chi connectivity index (χ2n) is 5.29. The number of piperidine rings is 1. The number of anilines is 1. The third kappa shape index (κ3) is 2.60. The van der Waals surface area contributed by atoms with E-state index in [1.165, 1.54) is 0 Å². The Kier molecular flexibility index (Phi) is 4.17. The summed E-state index contributed by atoms with van der Waals surface area (Å²) in [5.41, 5.74) is 1.47. The number of carbonyl (C=O) groups is 1. The van der Waals surface area contributed by atoms with Crippen molar-refractivity contribution in [2.75, 3.05) is 24.6 Å². The number of nitrogens with zero attached hydrogens (tertiary/aromatic N) is 6. The minimum Gasteiger partial charge on any atom is -0.466 e. The fourth-order valence-corrected chi connectivity index (χ4v) is 2.81. The predicted octanol–water partition coefficient (Wildman–Crippen LogP) is 1.02. The molecule has 1 aliphatic heterocycles. The molecule has 0 unspecified atom stereocenters. The van der Waals surface area contributed by atoms with Crippen LogP contribution in [-0.4, -0.2) is 50.6 Å². The lowest BCUT2D eigenvalue weighted by Crippen LogP contribution is -2.37. The van der Waals surface area contributed by atoms with Gasteiger partial charge in [-0.2, -0.15) is 0 Å². The molecule has 0 N–H and O–H groups in total. The third-order valence-corrected chi connectivity index (χ3v) is 3.99. The number of rotatable bonds is 4. The monoisotopic (exact) mass is 304 g/mol. The van der Waals surface area contributed by atoms with Gasteiger partial charge in [-0.3, -0.25) is 4.79 Å². The van der Waals surface area contributed by atoms with E-state index < -0.39 is 0 Å². The number of fused-ring (bicyclic) bond motifs is 1. The average molecular weight is 304 g/mol. The smallest absolute Gasteiger partial charge is 0.309 e. The van der Waals surface area contributed by atoms with Gasteiger partial charge >= 0.3 is 5.97 Å². The summed E-state index contributed by atoms with van der Waals surface area (Å²) >= 11 is 0. The zero-order valence-corrected chi connectivity index (χ0v) is 12.9. The highest BCUT2D eigenvalue weighted by Gasteiger charge is 2.28. The van der Waals surface area contributed by atoms with Crippen LogP contribution in [0.15, 0.2) is 6.33 Å². The van der Waals surface area contributed by atoms with Gasteiger partial charge in [0, 0.05) is 19.6 Å². The summed E-state index contributed by atoms with van der Waals surface area (Å²) < 4.78 is 6.86. The standard InChI is InChI=1S/C14H20N6O2/c1-3-20-13-11(17-18-20)12(15-9-16-13)19-7-5-10(6-8-19)14(21)22-4-2/h9-10H,3-8H2,1-2H3. The summed E-state index contributed by atoms with van der Waals surface area (Å²) in [7, 11) is 0. The van der Waals surface area contributed by atoms with Crippen molar-refractivity contribution < 1.29 is 9.53 Å². The lowest BCUT2D eigenvalue weighted by molar-refractivity contribution is -0.148. The normalized spacial score (nSPS) is 16.2. The van der Waals surface area contributed by atoms with Crippen LogP contribution in [0.25, 0.3) is 11.2 Å². The minimum atomic E-state index is -0.0908. The number of esters is 1. The molecule has 1 fully saturated rings. The maximum Gasteiger partial charge on any atom is 0.309 e. The first-order valence-electron chi connectivity index (χ1n) is 7.70. The summed E-state index contributed by atoms with van der Waals surface area (Å²) in [4.78, 5) is 22.6. The summed E-state index contributed by atoms with van der Waals surface area (Å²) in [5.74, 6) is 0.693. The van der Waals surface area contributed by atoms with Crippen molar-refractivity contribution in [1.29, 1.82) is 0 Å². The highest BCUT2D eigenvalue weighted by Crippen LogP contribution is 2.26. The topological polar surface area (TPSA) is 86.0 Å². The van der Waals surface area contributed by atoms with Crippen LogP contribution in [0.4, 0.5) is 5.82 Å². The molecule has 2 aromatic heterocycles. The Hall–Kier alpha value is -2.25. The lowest BCUT2D eigenvalue weighted by Gasteiger charge is -2.31. The number of hydrogen-bond acceptors (Lipinski definition) is 7. The second-order valence-corrected chi connectivity index (χ2v) is 5.29. The molecule has 3 rings (SSSR count). The van der Waals surface area contributed by atoms with E-state index in [0.29, 0.717) is 6.61 Å². The molecule has 8 nitrogen and oxygen atoms in total. The van der Waals surface area contributed by atoms with Crippen LogP contribution < -0.4 is 4.90 Å². The fraction of sp³-hybridized carbons (Fsp3) is 0.643. The average Bonchev–Trinajstić information content (AvgIpc) is 2.98. The van der Waals surface area contributed by atoms with Crippen LogP contribution in [-0.2, 0) is 16.1 Å². The molecule has 1 saturated heterocycles. The van der Waals surface area contributed by atoms with Gasteiger partial charge in [0.15, 0.2) is 17.0 Å². The Bertz CT molecular complexity index is 662. The van der Waals surface area contributed by atoms with Crippen molar-refractivity contribution in [3.8, 4) is 0 Å². The van der Waals surface area contributed by atoms with Crippen molar-refractivity contribution in [3.63, 3.8) is 0 Å². The van der Waals surface area contributed by atoms with E-state index in [4.69, 9.17) is 4.74 Å². The first-order chi connectivity index (χ1) is 10.7. The van der Waals surface area contributed by atoms with Gasteiger partial charge in [-0.05, 0) is 26.7 Å². The minimum absolute atomic E-state index is 0.0140. The predicted molar refractivity (Wildman–Crippen MR) is 80.4 cm³/mol. The van der Waals surface area contributed by atoms with Crippen molar-refractivity contribution in [3.05, 3.63) is 6.33 Å². The molecule has 0 aromatic carbocycles. The Morgan fingerprint density at radius 1 is 1.32 bits per heavy atom. The molecule has 0 spiro atoms.